The van der Waals surface area contributed by atoms with Crippen LogP contribution in [0.1, 0.15) is 31.5 Å². The van der Waals surface area contributed by atoms with Gasteiger partial charge in [0.1, 0.15) is 11.6 Å². The quantitative estimate of drug-likeness (QED) is 0.643. The molecule has 3 heterocycles. The van der Waals surface area contributed by atoms with Gasteiger partial charge in [0, 0.05) is 38.6 Å². The lowest BCUT2D eigenvalue weighted by Crippen LogP contribution is -2.55. The zero-order chi connectivity index (χ0) is 22.6. The van der Waals surface area contributed by atoms with Crippen LogP contribution in [0.4, 0.5) is 5.82 Å². The van der Waals surface area contributed by atoms with Gasteiger partial charge in [0.25, 0.3) is 0 Å². The average Bonchev–Trinajstić information content (AvgIpc) is 2.85. The summed E-state index contributed by atoms with van der Waals surface area (Å²) in [4.78, 5) is 27.0. The summed E-state index contributed by atoms with van der Waals surface area (Å²) in [7, 11) is 0. The van der Waals surface area contributed by atoms with Crippen molar-refractivity contribution in [2.45, 2.75) is 25.7 Å². The molecule has 2 unspecified atom stereocenters. The fraction of sp³-hybridized carbons (Fsp3) is 0.346. The first-order chi connectivity index (χ1) is 15.6. The van der Waals surface area contributed by atoms with Crippen LogP contribution in [0.5, 0.6) is 5.75 Å². The zero-order valence-corrected chi connectivity index (χ0v) is 18.7. The molecule has 0 saturated carbocycles. The molecule has 0 bridgehead atoms. The molecular weight excluding hydrogens is 400 g/mol. The van der Waals surface area contributed by atoms with E-state index in [0.29, 0.717) is 32.6 Å². The molecule has 2 atom stereocenters. The maximum absolute atomic E-state index is 13.6. The summed E-state index contributed by atoms with van der Waals surface area (Å²) >= 11 is 0. The number of phenols is 1. The average molecular weight is 431 g/mol. The van der Waals surface area contributed by atoms with Crippen LogP contribution in [0.25, 0.3) is 0 Å². The minimum Gasteiger partial charge on any atom is -0.508 e. The van der Waals surface area contributed by atoms with E-state index in [9.17, 15) is 9.90 Å². The Morgan fingerprint density at radius 2 is 1.81 bits per heavy atom. The summed E-state index contributed by atoms with van der Waals surface area (Å²) in [6.07, 6.45) is 4.19. The van der Waals surface area contributed by atoms with Gasteiger partial charge in [-0.15, -0.1) is 0 Å². The number of amides is 1. The van der Waals surface area contributed by atoms with E-state index in [1.807, 2.05) is 67.3 Å². The second-order valence-electron chi connectivity index (χ2n) is 8.33. The molecule has 32 heavy (non-hydrogen) atoms. The smallest absolute Gasteiger partial charge is 0.227 e. The van der Waals surface area contributed by atoms with Crippen molar-refractivity contribution in [1.82, 2.24) is 14.9 Å². The summed E-state index contributed by atoms with van der Waals surface area (Å²) in [5, 5.41) is 10.3. The Labute approximate surface area is 189 Å². The predicted molar refractivity (Wildman–Crippen MR) is 126 cm³/mol. The van der Waals surface area contributed by atoms with Crippen LogP contribution in [0.15, 0.2) is 73.1 Å². The van der Waals surface area contributed by atoms with Crippen LogP contribution < -0.4 is 4.90 Å². The molecule has 1 aliphatic rings. The fourth-order valence-corrected chi connectivity index (χ4v) is 4.87. The molecule has 1 amide bonds. The molecule has 0 radical (unpaired) electrons. The second kappa shape index (κ2) is 9.39. The Bertz CT molecular complexity index is 1040. The molecule has 1 N–H and O–H groups in total. The van der Waals surface area contributed by atoms with Crippen molar-refractivity contribution >= 4 is 11.7 Å². The molecule has 1 aliphatic heterocycles. The van der Waals surface area contributed by atoms with E-state index >= 15 is 0 Å². The van der Waals surface area contributed by atoms with Gasteiger partial charge in [-0.2, -0.15) is 0 Å². The Balaban J connectivity index is 1.87. The molecular formula is C26H30N4O2. The number of carbonyl (C=O) groups is 1. The third-order valence-electron chi connectivity index (χ3n) is 6.45. The topological polar surface area (TPSA) is 69.6 Å². The largest absolute Gasteiger partial charge is 0.508 e. The van der Waals surface area contributed by atoms with Crippen molar-refractivity contribution in [3.63, 3.8) is 0 Å². The number of aromatic nitrogens is 2. The first-order valence-corrected chi connectivity index (χ1v) is 11.2. The summed E-state index contributed by atoms with van der Waals surface area (Å²) < 4.78 is 0. The first kappa shape index (κ1) is 21.8. The Hall–Kier alpha value is -3.41. The molecule has 1 aromatic carbocycles. The maximum Gasteiger partial charge on any atom is 0.227 e. The van der Waals surface area contributed by atoms with Gasteiger partial charge in [-0.25, -0.2) is 4.98 Å². The SMILES string of the molecule is CCN(CC)C(=O)C1CN(c2ccccn2)CC(c2cccc(O)c2)(c2ccccn2)C1. The number of hydrogen-bond donors (Lipinski definition) is 1. The molecule has 6 nitrogen and oxygen atoms in total. The number of nitrogens with zero attached hydrogens (tertiary/aromatic N) is 4. The third kappa shape index (κ3) is 4.17. The van der Waals surface area contributed by atoms with Crippen molar-refractivity contribution < 1.29 is 9.90 Å². The van der Waals surface area contributed by atoms with E-state index < -0.39 is 5.41 Å². The van der Waals surface area contributed by atoms with Crippen LogP contribution in [0, 0.1) is 5.92 Å². The van der Waals surface area contributed by atoms with E-state index in [-0.39, 0.29) is 17.6 Å². The molecule has 166 valence electrons. The number of hydrogen-bond acceptors (Lipinski definition) is 5. The predicted octanol–water partition coefficient (Wildman–Crippen LogP) is 3.86. The van der Waals surface area contributed by atoms with Crippen LogP contribution >= 0.6 is 0 Å². The molecule has 0 aliphatic carbocycles. The molecule has 1 fully saturated rings. The highest BCUT2D eigenvalue weighted by Crippen LogP contribution is 2.43. The second-order valence-corrected chi connectivity index (χ2v) is 8.33. The molecule has 6 heteroatoms. The number of phenolic OH excluding ortho intramolecular Hbond substituents is 1. The van der Waals surface area contributed by atoms with E-state index in [2.05, 4.69) is 9.88 Å². The van der Waals surface area contributed by atoms with Crippen LogP contribution in [0.2, 0.25) is 0 Å². The van der Waals surface area contributed by atoms with Gasteiger partial charge in [-0.05, 0) is 62.2 Å². The summed E-state index contributed by atoms with van der Waals surface area (Å²) in [6, 6.07) is 19.1. The van der Waals surface area contributed by atoms with E-state index in [4.69, 9.17) is 4.98 Å². The number of pyridine rings is 2. The minimum absolute atomic E-state index is 0.149. The highest BCUT2D eigenvalue weighted by molar-refractivity contribution is 5.80. The lowest BCUT2D eigenvalue weighted by molar-refractivity contribution is -0.135. The van der Waals surface area contributed by atoms with Gasteiger partial charge in [0.05, 0.1) is 17.0 Å². The summed E-state index contributed by atoms with van der Waals surface area (Å²) in [5.74, 6) is 0.968. The van der Waals surface area contributed by atoms with Gasteiger partial charge >= 0.3 is 0 Å². The van der Waals surface area contributed by atoms with E-state index in [1.54, 1.807) is 24.5 Å². The van der Waals surface area contributed by atoms with E-state index in [1.165, 1.54) is 0 Å². The lowest BCUT2D eigenvalue weighted by Gasteiger charge is -2.47. The molecule has 0 spiro atoms. The Kier molecular flexibility index (Phi) is 6.40. The van der Waals surface area contributed by atoms with Crippen LogP contribution in [-0.2, 0) is 10.2 Å². The standard InChI is InChI=1S/C26H30N4O2/c1-3-29(4-2)25(32)20-17-26(23-12-5-7-14-27-23,21-10-9-11-22(31)16-21)19-30(18-20)24-13-6-8-15-28-24/h5-16,20,31H,3-4,17-19H2,1-2H3. The van der Waals surface area contributed by atoms with E-state index in [0.717, 1.165) is 17.1 Å². The van der Waals surface area contributed by atoms with Crippen molar-refractivity contribution in [2.75, 3.05) is 31.1 Å². The number of benzene rings is 1. The van der Waals surface area contributed by atoms with Gasteiger partial charge in [-0.3, -0.25) is 9.78 Å². The molecule has 1 saturated heterocycles. The number of aromatic hydroxyl groups is 1. The number of piperidine rings is 1. The Morgan fingerprint density at radius 1 is 1.06 bits per heavy atom. The lowest BCUT2D eigenvalue weighted by atomic mass is 9.68. The molecule has 4 rings (SSSR count). The first-order valence-electron chi connectivity index (χ1n) is 11.2. The Morgan fingerprint density at radius 3 is 2.44 bits per heavy atom. The van der Waals surface area contributed by atoms with Crippen molar-refractivity contribution in [3.8, 4) is 5.75 Å². The fourth-order valence-electron chi connectivity index (χ4n) is 4.87. The van der Waals surface area contributed by atoms with Crippen LogP contribution in [-0.4, -0.2) is 52.1 Å². The van der Waals surface area contributed by atoms with Crippen molar-refractivity contribution in [2.24, 2.45) is 5.92 Å². The van der Waals surface area contributed by atoms with Crippen LogP contribution in [0.3, 0.4) is 0 Å². The number of carbonyl (C=O) groups excluding carboxylic acids is 1. The highest BCUT2D eigenvalue weighted by Gasteiger charge is 2.46. The third-order valence-corrected chi connectivity index (χ3v) is 6.45. The zero-order valence-electron chi connectivity index (χ0n) is 18.7. The van der Waals surface area contributed by atoms with Gasteiger partial charge in [0.15, 0.2) is 0 Å². The summed E-state index contributed by atoms with van der Waals surface area (Å²) in [6.45, 7) is 6.60. The van der Waals surface area contributed by atoms with Crippen molar-refractivity contribution in [1.29, 1.82) is 0 Å². The minimum atomic E-state index is -0.566. The number of anilines is 1. The number of rotatable bonds is 6. The van der Waals surface area contributed by atoms with Gasteiger partial charge in [-0.1, -0.05) is 24.3 Å². The molecule has 2 aromatic heterocycles. The molecule has 3 aromatic rings. The van der Waals surface area contributed by atoms with Gasteiger partial charge in [0.2, 0.25) is 5.91 Å². The highest BCUT2D eigenvalue weighted by atomic mass is 16.3. The summed E-state index contributed by atoms with van der Waals surface area (Å²) in [5.41, 5.74) is 1.28. The maximum atomic E-state index is 13.6. The normalized spacial score (nSPS) is 20.7. The van der Waals surface area contributed by atoms with Gasteiger partial charge < -0.3 is 14.9 Å². The van der Waals surface area contributed by atoms with Crippen molar-refractivity contribution in [3.05, 3.63) is 84.3 Å². The monoisotopic (exact) mass is 430 g/mol.